The van der Waals surface area contributed by atoms with Gasteiger partial charge in [0.2, 0.25) is 0 Å². The number of hydrazone groups is 1. The molecule has 0 fully saturated rings. The molecule has 0 aromatic heterocycles. The average molecular weight is 434 g/mol. The number of amides is 2. The fraction of sp³-hybridized carbons (Fsp3) is 0.211. The van der Waals surface area contributed by atoms with E-state index >= 15 is 0 Å². The number of hydrogen-bond donors (Lipinski definition) is 2. The molecule has 0 spiro atoms. The Kier molecular flexibility index (Phi) is 7.81. The second kappa shape index (κ2) is 10.3. The maximum absolute atomic E-state index is 12.1. The summed E-state index contributed by atoms with van der Waals surface area (Å²) in [6.45, 7) is 2.18. The topological polar surface area (TPSA) is 89.0 Å². The molecule has 0 aliphatic heterocycles. The van der Waals surface area contributed by atoms with Gasteiger partial charge in [-0.1, -0.05) is 28.1 Å². The van der Waals surface area contributed by atoms with Gasteiger partial charge in [0.25, 0.3) is 11.8 Å². The largest absolute Gasteiger partial charge is 0.496 e. The van der Waals surface area contributed by atoms with E-state index in [-0.39, 0.29) is 6.54 Å². The van der Waals surface area contributed by atoms with E-state index in [0.29, 0.717) is 29.2 Å². The minimum Gasteiger partial charge on any atom is -0.496 e. The molecule has 0 saturated carbocycles. The second-order valence-electron chi connectivity index (χ2n) is 5.29. The molecule has 2 aromatic carbocycles. The molecule has 27 heavy (non-hydrogen) atoms. The van der Waals surface area contributed by atoms with E-state index in [1.807, 2.05) is 25.1 Å². The van der Waals surface area contributed by atoms with Crippen molar-refractivity contribution >= 4 is 34.0 Å². The first-order valence-electron chi connectivity index (χ1n) is 8.20. The van der Waals surface area contributed by atoms with Crippen LogP contribution in [0, 0.1) is 0 Å². The highest BCUT2D eigenvalue weighted by Crippen LogP contribution is 2.21. The fourth-order valence-corrected chi connectivity index (χ4v) is 2.59. The van der Waals surface area contributed by atoms with Crippen molar-refractivity contribution in [3.8, 4) is 11.5 Å². The molecule has 2 N–H and O–H groups in total. The molecule has 8 heteroatoms. The monoisotopic (exact) mass is 433 g/mol. The van der Waals surface area contributed by atoms with Gasteiger partial charge in [-0.3, -0.25) is 9.59 Å². The van der Waals surface area contributed by atoms with Crippen LogP contribution in [0.1, 0.15) is 22.8 Å². The number of hydrogen-bond acceptors (Lipinski definition) is 5. The van der Waals surface area contributed by atoms with Gasteiger partial charge in [0, 0.05) is 10.0 Å². The first-order valence-corrected chi connectivity index (χ1v) is 9.00. The number of rotatable bonds is 8. The highest BCUT2D eigenvalue weighted by atomic mass is 79.9. The number of nitrogens with zero attached hydrogens (tertiary/aromatic N) is 1. The van der Waals surface area contributed by atoms with E-state index in [9.17, 15) is 9.59 Å². The number of halogens is 1. The summed E-state index contributed by atoms with van der Waals surface area (Å²) in [7, 11) is 1.48. The van der Waals surface area contributed by atoms with Gasteiger partial charge in [0.1, 0.15) is 11.5 Å². The van der Waals surface area contributed by atoms with Crippen molar-refractivity contribution < 1.29 is 19.1 Å². The summed E-state index contributed by atoms with van der Waals surface area (Å²) >= 11 is 3.38. The third kappa shape index (κ3) is 6.10. The first-order chi connectivity index (χ1) is 13.0. The minimum absolute atomic E-state index is 0.217. The van der Waals surface area contributed by atoms with Crippen LogP contribution >= 0.6 is 15.9 Å². The zero-order chi connectivity index (χ0) is 19.6. The van der Waals surface area contributed by atoms with Gasteiger partial charge in [-0.2, -0.15) is 5.10 Å². The zero-order valence-electron chi connectivity index (χ0n) is 15.0. The van der Waals surface area contributed by atoms with Crippen molar-refractivity contribution in [2.45, 2.75) is 6.92 Å². The molecule has 7 nitrogen and oxygen atoms in total. The molecule has 0 saturated heterocycles. The average Bonchev–Trinajstić information content (AvgIpc) is 2.68. The van der Waals surface area contributed by atoms with E-state index in [4.69, 9.17) is 9.47 Å². The number of benzene rings is 2. The molecule has 0 aliphatic rings. The third-order valence-corrected chi connectivity index (χ3v) is 3.92. The van der Waals surface area contributed by atoms with Gasteiger partial charge in [0.05, 0.1) is 32.0 Å². The molecule has 2 amide bonds. The van der Waals surface area contributed by atoms with Gasteiger partial charge in [-0.05, 0) is 37.3 Å². The summed E-state index contributed by atoms with van der Waals surface area (Å²) in [6.07, 6.45) is 1.48. The second-order valence-corrected chi connectivity index (χ2v) is 6.21. The summed E-state index contributed by atoms with van der Waals surface area (Å²) in [5, 5.41) is 6.43. The third-order valence-electron chi connectivity index (χ3n) is 3.43. The molecular formula is C19H20BrN3O4. The van der Waals surface area contributed by atoms with Gasteiger partial charge in [0.15, 0.2) is 0 Å². The smallest absolute Gasteiger partial charge is 0.259 e. The Morgan fingerprint density at radius 3 is 2.70 bits per heavy atom. The number of carbonyl (C=O) groups excluding carboxylic acids is 2. The van der Waals surface area contributed by atoms with Crippen molar-refractivity contribution in [1.29, 1.82) is 0 Å². The van der Waals surface area contributed by atoms with Crippen LogP contribution in [0.3, 0.4) is 0 Å². The summed E-state index contributed by atoms with van der Waals surface area (Å²) in [6, 6.07) is 12.3. The van der Waals surface area contributed by atoms with Crippen LogP contribution in [0.5, 0.6) is 11.5 Å². The van der Waals surface area contributed by atoms with Crippen molar-refractivity contribution in [2.24, 2.45) is 5.10 Å². The lowest BCUT2D eigenvalue weighted by atomic mass is 10.2. The number of carbonyl (C=O) groups is 2. The predicted molar refractivity (Wildman–Crippen MR) is 106 cm³/mol. The normalized spacial score (nSPS) is 10.5. The molecule has 0 atom stereocenters. The van der Waals surface area contributed by atoms with Gasteiger partial charge >= 0.3 is 0 Å². The van der Waals surface area contributed by atoms with Gasteiger partial charge in [-0.15, -0.1) is 0 Å². The quantitative estimate of drug-likeness (QED) is 0.494. The lowest BCUT2D eigenvalue weighted by Gasteiger charge is -2.08. The summed E-state index contributed by atoms with van der Waals surface area (Å²) in [5.74, 6) is 0.231. The highest BCUT2D eigenvalue weighted by molar-refractivity contribution is 9.10. The predicted octanol–water partition coefficient (Wildman–Crippen LogP) is 2.74. The summed E-state index contributed by atoms with van der Waals surface area (Å²) in [4.78, 5) is 24.0. The van der Waals surface area contributed by atoms with Crippen LogP contribution in [0.2, 0.25) is 0 Å². The molecule has 2 aromatic rings. The van der Waals surface area contributed by atoms with Crippen LogP contribution in [0.4, 0.5) is 0 Å². The molecule has 0 aliphatic carbocycles. The Balaban J connectivity index is 1.90. The Hall–Kier alpha value is -2.87. The van der Waals surface area contributed by atoms with E-state index in [1.54, 1.807) is 24.3 Å². The minimum atomic E-state index is -0.456. The zero-order valence-corrected chi connectivity index (χ0v) is 16.6. The number of methoxy groups -OCH3 is 1. The van der Waals surface area contributed by atoms with Crippen LogP contribution in [-0.2, 0) is 4.79 Å². The van der Waals surface area contributed by atoms with Crippen molar-refractivity contribution in [1.82, 2.24) is 10.7 Å². The lowest BCUT2D eigenvalue weighted by molar-refractivity contribution is -0.120. The summed E-state index contributed by atoms with van der Waals surface area (Å²) < 4.78 is 11.5. The van der Waals surface area contributed by atoms with E-state index in [2.05, 4.69) is 31.8 Å². The Morgan fingerprint density at radius 2 is 1.96 bits per heavy atom. The summed E-state index contributed by atoms with van der Waals surface area (Å²) in [5.41, 5.74) is 3.44. The maximum Gasteiger partial charge on any atom is 0.259 e. The van der Waals surface area contributed by atoms with Crippen LogP contribution in [0.25, 0.3) is 0 Å². The van der Waals surface area contributed by atoms with Crippen LogP contribution in [0.15, 0.2) is 52.0 Å². The van der Waals surface area contributed by atoms with Crippen LogP contribution in [-0.4, -0.2) is 38.3 Å². The van der Waals surface area contributed by atoms with Crippen molar-refractivity contribution in [2.75, 3.05) is 20.3 Å². The van der Waals surface area contributed by atoms with E-state index in [0.717, 1.165) is 4.47 Å². The lowest BCUT2D eigenvalue weighted by Crippen LogP contribution is -2.35. The fourth-order valence-electron chi connectivity index (χ4n) is 2.21. The Bertz CT molecular complexity index is 839. The maximum atomic E-state index is 12.1. The SMILES string of the molecule is CCOc1ccc(Br)cc1C=NNC(=O)CNC(=O)c1ccccc1OC. The molecule has 0 unspecified atom stereocenters. The molecule has 0 bridgehead atoms. The molecule has 142 valence electrons. The van der Waals surface area contributed by atoms with Crippen LogP contribution < -0.4 is 20.2 Å². The molecule has 2 rings (SSSR count). The first kappa shape index (κ1) is 20.4. The number of nitrogens with one attached hydrogen (secondary N) is 2. The van der Waals surface area contributed by atoms with Gasteiger partial charge < -0.3 is 14.8 Å². The van der Waals surface area contributed by atoms with Gasteiger partial charge in [-0.25, -0.2) is 5.43 Å². The van der Waals surface area contributed by atoms with E-state index in [1.165, 1.54) is 13.3 Å². The highest BCUT2D eigenvalue weighted by Gasteiger charge is 2.12. The van der Waals surface area contributed by atoms with Crippen molar-refractivity contribution in [3.63, 3.8) is 0 Å². The molecule has 0 heterocycles. The Morgan fingerprint density at radius 1 is 1.19 bits per heavy atom. The number of para-hydroxylation sites is 1. The van der Waals surface area contributed by atoms with E-state index < -0.39 is 11.8 Å². The molecular weight excluding hydrogens is 414 g/mol. The molecule has 0 radical (unpaired) electrons. The van der Waals surface area contributed by atoms with Crippen molar-refractivity contribution in [3.05, 3.63) is 58.1 Å². The standard InChI is InChI=1S/C19H20BrN3O4/c1-3-27-16-9-8-14(20)10-13(16)11-22-23-18(24)12-21-19(25)15-6-4-5-7-17(15)26-2/h4-11H,3,12H2,1-2H3,(H,21,25)(H,23,24). The Labute approximate surface area is 165 Å². The number of ether oxygens (including phenoxy) is 2.